The molecule has 0 spiro atoms. The highest BCUT2D eigenvalue weighted by molar-refractivity contribution is 5.86. The van der Waals surface area contributed by atoms with Crippen molar-refractivity contribution >= 4 is 17.2 Å². The van der Waals surface area contributed by atoms with Crippen LogP contribution in [-0.4, -0.2) is 11.3 Å². The minimum absolute atomic E-state index is 0.705. The van der Waals surface area contributed by atoms with E-state index < -0.39 is 0 Å². The average molecular weight is 221 g/mol. The molecule has 0 fully saturated rings. The third kappa shape index (κ3) is 1.74. The van der Waals surface area contributed by atoms with Gasteiger partial charge in [-0.15, -0.1) is 0 Å². The molecular weight excluding hydrogens is 210 g/mol. The van der Waals surface area contributed by atoms with E-state index in [0.29, 0.717) is 5.56 Å². The summed E-state index contributed by atoms with van der Waals surface area (Å²) in [6, 6.07) is 15.9. The van der Waals surface area contributed by atoms with E-state index >= 15 is 0 Å². The van der Waals surface area contributed by atoms with E-state index in [1.807, 2.05) is 36.5 Å². The smallest absolute Gasteiger partial charge is 0.150 e. The third-order valence-corrected chi connectivity index (χ3v) is 2.91. The fourth-order valence-corrected chi connectivity index (χ4v) is 2.02. The van der Waals surface area contributed by atoms with Crippen molar-refractivity contribution in [1.29, 1.82) is 0 Å². The zero-order valence-electron chi connectivity index (χ0n) is 9.18. The molecule has 0 atom stereocenters. The second-order valence-corrected chi connectivity index (χ2v) is 4.02. The Morgan fingerprint density at radius 1 is 0.941 bits per heavy atom. The number of nitrogens with one attached hydrogen (secondary N) is 1. The molecule has 0 aliphatic carbocycles. The molecule has 0 aliphatic rings. The molecule has 0 bridgehead atoms. The molecule has 1 N–H and O–H groups in total. The van der Waals surface area contributed by atoms with E-state index in [0.717, 1.165) is 22.9 Å². The van der Waals surface area contributed by atoms with Crippen molar-refractivity contribution < 1.29 is 4.79 Å². The maximum Gasteiger partial charge on any atom is 0.150 e. The van der Waals surface area contributed by atoms with E-state index in [1.165, 1.54) is 5.39 Å². The second-order valence-electron chi connectivity index (χ2n) is 4.02. The Bertz CT molecular complexity index is 682. The van der Waals surface area contributed by atoms with Crippen molar-refractivity contribution in [3.63, 3.8) is 0 Å². The SMILES string of the molecule is O=Cc1cccc(-c2ccc3[nH]ccc3c2)c1. The summed E-state index contributed by atoms with van der Waals surface area (Å²) in [5, 5.41) is 1.18. The Morgan fingerprint density at radius 2 is 1.82 bits per heavy atom. The Labute approximate surface area is 98.9 Å². The maximum atomic E-state index is 10.8. The number of rotatable bonds is 2. The van der Waals surface area contributed by atoms with E-state index in [4.69, 9.17) is 0 Å². The number of carbonyl (C=O) groups excluding carboxylic acids is 1. The van der Waals surface area contributed by atoms with Crippen LogP contribution in [0.1, 0.15) is 10.4 Å². The number of fused-ring (bicyclic) bond motifs is 1. The molecule has 0 saturated carbocycles. The van der Waals surface area contributed by atoms with Crippen molar-refractivity contribution in [3.05, 3.63) is 60.3 Å². The number of H-pyrrole nitrogens is 1. The van der Waals surface area contributed by atoms with Crippen molar-refractivity contribution in [3.8, 4) is 11.1 Å². The highest BCUT2D eigenvalue weighted by Crippen LogP contribution is 2.24. The lowest BCUT2D eigenvalue weighted by Gasteiger charge is -2.02. The molecule has 1 heterocycles. The number of hydrogen-bond acceptors (Lipinski definition) is 1. The summed E-state index contributed by atoms with van der Waals surface area (Å²) >= 11 is 0. The molecule has 2 nitrogen and oxygen atoms in total. The summed E-state index contributed by atoms with van der Waals surface area (Å²) < 4.78 is 0. The first-order valence-electron chi connectivity index (χ1n) is 5.49. The van der Waals surface area contributed by atoms with Gasteiger partial charge in [-0.25, -0.2) is 0 Å². The Morgan fingerprint density at radius 3 is 2.71 bits per heavy atom. The molecular formula is C15H11NO. The lowest BCUT2D eigenvalue weighted by Crippen LogP contribution is -1.82. The van der Waals surface area contributed by atoms with Crippen molar-refractivity contribution in [2.45, 2.75) is 0 Å². The van der Waals surface area contributed by atoms with Crippen LogP contribution in [-0.2, 0) is 0 Å². The van der Waals surface area contributed by atoms with Gasteiger partial charge in [0.15, 0.2) is 0 Å². The zero-order valence-corrected chi connectivity index (χ0v) is 9.18. The van der Waals surface area contributed by atoms with Crippen LogP contribution in [0.4, 0.5) is 0 Å². The van der Waals surface area contributed by atoms with Crippen molar-refractivity contribution in [2.75, 3.05) is 0 Å². The van der Waals surface area contributed by atoms with E-state index in [1.54, 1.807) is 0 Å². The highest BCUT2D eigenvalue weighted by Gasteiger charge is 2.01. The van der Waals surface area contributed by atoms with Crippen LogP contribution < -0.4 is 0 Å². The molecule has 2 aromatic carbocycles. The van der Waals surface area contributed by atoms with Crippen LogP contribution in [0, 0.1) is 0 Å². The minimum atomic E-state index is 0.705. The van der Waals surface area contributed by atoms with E-state index in [-0.39, 0.29) is 0 Å². The van der Waals surface area contributed by atoms with Gasteiger partial charge in [0.2, 0.25) is 0 Å². The van der Waals surface area contributed by atoms with Crippen LogP contribution in [0.2, 0.25) is 0 Å². The predicted octanol–water partition coefficient (Wildman–Crippen LogP) is 3.65. The quantitative estimate of drug-likeness (QED) is 0.658. The third-order valence-electron chi connectivity index (χ3n) is 2.91. The van der Waals surface area contributed by atoms with Crippen molar-refractivity contribution in [1.82, 2.24) is 4.98 Å². The normalized spacial score (nSPS) is 10.6. The van der Waals surface area contributed by atoms with E-state index in [2.05, 4.69) is 23.2 Å². The monoisotopic (exact) mass is 221 g/mol. The fourth-order valence-electron chi connectivity index (χ4n) is 2.02. The molecule has 0 saturated heterocycles. The van der Waals surface area contributed by atoms with Gasteiger partial charge in [-0.05, 0) is 40.8 Å². The number of aromatic amines is 1. The largest absolute Gasteiger partial charge is 0.361 e. The average Bonchev–Trinajstić information content (AvgIpc) is 2.86. The second kappa shape index (κ2) is 3.91. The molecule has 82 valence electrons. The van der Waals surface area contributed by atoms with Crippen LogP contribution in [0.25, 0.3) is 22.0 Å². The van der Waals surface area contributed by atoms with E-state index in [9.17, 15) is 4.79 Å². The highest BCUT2D eigenvalue weighted by atomic mass is 16.1. The summed E-state index contributed by atoms with van der Waals surface area (Å²) in [5.74, 6) is 0. The molecule has 0 unspecified atom stereocenters. The summed E-state index contributed by atoms with van der Waals surface area (Å²) in [4.78, 5) is 13.9. The summed E-state index contributed by atoms with van der Waals surface area (Å²) in [6.45, 7) is 0. The van der Waals surface area contributed by atoms with Gasteiger partial charge in [-0.2, -0.15) is 0 Å². The number of benzene rings is 2. The summed E-state index contributed by atoms with van der Waals surface area (Å²) in [5.41, 5.74) is 4.02. The minimum Gasteiger partial charge on any atom is -0.361 e. The number of aromatic nitrogens is 1. The molecule has 0 aliphatic heterocycles. The van der Waals surface area contributed by atoms with Gasteiger partial charge < -0.3 is 4.98 Å². The van der Waals surface area contributed by atoms with Crippen LogP contribution in [0.3, 0.4) is 0 Å². The van der Waals surface area contributed by atoms with Crippen LogP contribution >= 0.6 is 0 Å². The Balaban J connectivity index is 2.15. The molecule has 2 heteroatoms. The maximum absolute atomic E-state index is 10.8. The molecule has 3 rings (SSSR count). The number of carbonyl (C=O) groups is 1. The fraction of sp³-hybridized carbons (Fsp3) is 0. The lowest BCUT2D eigenvalue weighted by molar-refractivity contribution is 0.112. The predicted molar refractivity (Wildman–Crippen MR) is 69.1 cm³/mol. The molecule has 3 aromatic rings. The van der Waals surface area contributed by atoms with Crippen LogP contribution in [0.5, 0.6) is 0 Å². The molecule has 0 radical (unpaired) electrons. The first-order chi connectivity index (χ1) is 8.36. The molecule has 17 heavy (non-hydrogen) atoms. The zero-order chi connectivity index (χ0) is 11.7. The first kappa shape index (κ1) is 9.85. The lowest BCUT2D eigenvalue weighted by atomic mass is 10.0. The first-order valence-corrected chi connectivity index (χ1v) is 5.49. The van der Waals surface area contributed by atoms with Gasteiger partial charge >= 0.3 is 0 Å². The van der Waals surface area contributed by atoms with Gasteiger partial charge in [0.05, 0.1) is 0 Å². The standard InChI is InChI=1S/C15H11NO/c17-10-11-2-1-3-12(8-11)13-4-5-15-14(9-13)6-7-16-15/h1-10,16H. The Hall–Kier alpha value is -2.35. The van der Waals surface area contributed by atoms with Gasteiger partial charge in [0, 0.05) is 17.3 Å². The van der Waals surface area contributed by atoms with Gasteiger partial charge in [-0.3, -0.25) is 4.79 Å². The van der Waals surface area contributed by atoms with Crippen LogP contribution in [0.15, 0.2) is 54.7 Å². The van der Waals surface area contributed by atoms with Gasteiger partial charge in [0.25, 0.3) is 0 Å². The number of hydrogen-bond donors (Lipinski definition) is 1. The Kier molecular flexibility index (Phi) is 2.26. The summed E-state index contributed by atoms with van der Waals surface area (Å²) in [7, 11) is 0. The van der Waals surface area contributed by atoms with Gasteiger partial charge in [0.1, 0.15) is 6.29 Å². The van der Waals surface area contributed by atoms with Crippen molar-refractivity contribution in [2.24, 2.45) is 0 Å². The molecule has 1 aromatic heterocycles. The number of aldehydes is 1. The van der Waals surface area contributed by atoms with Gasteiger partial charge in [-0.1, -0.05) is 24.3 Å². The summed E-state index contributed by atoms with van der Waals surface area (Å²) in [6.07, 6.45) is 2.80. The topological polar surface area (TPSA) is 32.9 Å². The molecule has 0 amide bonds.